The number of amides is 1. The average molecular weight is 436 g/mol. The van der Waals surface area contributed by atoms with Crippen molar-refractivity contribution in [2.45, 2.75) is 25.8 Å². The molecule has 0 spiro atoms. The van der Waals surface area contributed by atoms with Crippen molar-refractivity contribution in [3.63, 3.8) is 0 Å². The van der Waals surface area contributed by atoms with E-state index in [4.69, 9.17) is 0 Å². The van der Waals surface area contributed by atoms with E-state index >= 15 is 0 Å². The summed E-state index contributed by atoms with van der Waals surface area (Å²) in [6.45, 7) is 2.07. The van der Waals surface area contributed by atoms with Crippen molar-refractivity contribution < 1.29 is 4.79 Å². The maximum Gasteiger partial charge on any atom is 0.250 e. The minimum Gasteiger partial charge on any atom is -0.324 e. The monoisotopic (exact) mass is 435 g/mol. The first-order chi connectivity index (χ1) is 16.2. The van der Waals surface area contributed by atoms with E-state index in [1.165, 1.54) is 5.56 Å². The zero-order chi connectivity index (χ0) is 22.6. The van der Waals surface area contributed by atoms with Crippen LogP contribution in [0.25, 0.3) is 5.70 Å². The van der Waals surface area contributed by atoms with Gasteiger partial charge in [0.2, 0.25) is 11.9 Å². The second kappa shape index (κ2) is 9.12. The van der Waals surface area contributed by atoms with E-state index in [2.05, 4.69) is 70.1 Å². The fourth-order valence-corrected chi connectivity index (χ4v) is 3.92. The van der Waals surface area contributed by atoms with Gasteiger partial charge in [0.25, 0.3) is 5.95 Å². The van der Waals surface area contributed by atoms with E-state index in [1.807, 2.05) is 53.2 Å². The van der Waals surface area contributed by atoms with Crippen molar-refractivity contribution in [3.05, 3.63) is 113 Å². The van der Waals surface area contributed by atoms with E-state index < -0.39 is 0 Å². The normalized spacial score (nSPS) is 14.7. The summed E-state index contributed by atoms with van der Waals surface area (Å²) >= 11 is 0. The molecule has 6 heteroatoms. The summed E-state index contributed by atoms with van der Waals surface area (Å²) in [5.74, 6) is 0.792. The number of anilines is 2. The highest BCUT2D eigenvalue weighted by atomic mass is 16.1. The number of hydrogen-bond acceptors (Lipinski definition) is 4. The van der Waals surface area contributed by atoms with Crippen LogP contribution in [-0.2, 0) is 11.2 Å². The molecule has 1 aliphatic heterocycles. The van der Waals surface area contributed by atoms with Gasteiger partial charge in [0.15, 0.2) is 0 Å². The third-order valence-electron chi connectivity index (χ3n) is 5.70. The quantitative estimate of drug-likeness (QED) is 0.436. The molecule has 1 aromatic heterocycles. The summed E-state index contributed by atoms with van der Waals surface area (Å²) in [5, 5.41) is 10.9. The summed E-state index contributed by atoms with van der Waals surface area (Å²) in [5.41, 5.74) is 5.47. The molecular formula is C27H25N5O. The first kappa shape index (κ1) is 20.7. The van der Waals surface area contributed by atoms with Gasteiger partial charge in [-0.3, -0.25) is 10.1 Å². The third-order valence-corrected chi connectivity index (χ3v) is 5.70. The second-order valence-corrected chi connectivity index (χ2v) is 8.16. The summed E-state index contributed by atoms with van der Waals surface area (Å²) in [4.78, 5) is 17.1. The molecule has 4 aromatic rings. The Hall–Kier alpha value is -4.19. The predicted octanol–water partition coefficient (Wildman–Crippen LogP) is 5.21. The molecular weight excluding hydrogens is 410 g/mol. The number of nitrogens with one attached hydrogen (secondary N) is 2. The Morgan fingerprint density at radius 1 is 0.970 bits per heavy atom. The lowest BCUT2D eigenvalue weighted by Gasteiger charge is -2.24. The number of carbonyl (C=O) groups is 1. The molecule has 1 amide bonds. The maximum absolute atomic E-state index is 12.5. The van der Waals surface area contributed by atoms with Crippen LogP contribution >= 0.6 is 0 Å². The average Bonchev–Trinajstić information content (AvgIpc) is 3.26. The van der Waals surface area contributed by atoms with E-state index in [-0.39, 0.29) is 11.9 Å². The van der Waals surface area contributed by atoms with Crippen molar-refractivity contribution in [3.8, 4) is 0 Å². The molecule has 33 heavy (non-hydrogen) atoms. The largest absolute Gasteiger partial charge is 0.324 e. The van der Waals surface area contributed by atoms with Crippen LogP contribution in [0.15, 0.2) is 91.0 Å². The zero-order valence-corrected chi connectivity index (χ0v) is 18.4. The number of benzene rings is 3. The molecule has 6 nitrogen and oxygen atoms in total. The number of aryl methyl sites for hydroxylation is 2. The lowest BCUT2D eigenvalue weighted by atomic mass is 10.0. The molecule has 1 atom stereocenters. The summed E-state index contributed by atoms with van der Waals surface area (Å²) in [6.07, 6.45) is 3.18. The molecule has 1 aliphatic rings. The molecule has 0 saturated carbocycles. The lowest BCUT2D eigenvalue weighted by molar-refractivity contribution is -0.116. The van der Waals surface area contributed by atoms with Crippen LogP contribution in [0.1, 0.15) is 34.7 Å². The van der Waals surface area contributed by atoms with Gasteiger partial charge in [0, 0.05) is 12.1 Å². The topological polar surface area (TPSA) is 71.8 Å². The molecule has 5 rings (SSSR count). The van der Waals surface area contributed by atoms with E-state index in [1.54, 1.807) is 0 Å². The van der Waals surface area contributed by atoms with Crippen LogP contribution < -0.4 is 10.6 Å². The molecule has 1 unspecified atom stereocenters. The van der Waals surface area contributed by atoms with Crippen molar-refractivity contribution in [1.82, 2.24) is 14.8 Å². The minimum atomic E-state index is -0.138. The van der Waals surface area contributed by atoms with Crippen LogP contribution in [-0.4, -0.2) is 20.7 Å². The Kier molecular flexibility index (Phi) is 5.72. The van der Waals surface area contributed by atoms with E-state index in [9.17, 15) is 4.79 Å². The molecule has 3 aromatic carbocycles. The number of hydrogen-bond donors (Lipinski definition) is 2. The highest BCUT2D eigenvalue weighted by Gasteiger charge is 2.25. The second-order valence-electron chi connectivity index (χ2n) is 8.16. The Morgan fingerprint density at radius 2 is 1.67 bits per heavy atom. The molecule has 0 aliphatic carbocycles. The number of nitrogens with zero attached hydrogens (tertiary/aromatic N) is 3. The predicted molar refractivity (Wildman–Crippen MR) is 131 cm³/mol. The van der Waals surface area contributed by atoms with Gasteiger partial charge in [0.1, 0.15) is 6.04 Å². The molecule has 2 heterocycles. The first-order valence-electron chi connectivity index (χ1n) is 11.1. The number of aromatic nitrogens is 3. The summed E-state index contributed by atoms with van der Waals surface area (Å²) in [6, 6.07) is 28.4. The van der Waals surface area contributed by atoms with Crippen LogP contribution in [0.3, 0.4) is 0 Å². The standard InChI is InChI=1S/C27H25N5O/c1-19-12-15-21(16-13-19)23-18-24(22-10-6-3-7-11-22)32-27(28-23)30-26(31-32)29-25(33)17-14-20-8-4-2-5-9-20/h2-13,15-16,18,24H,14,17H2,1H3,(H2,28,29,30,31,33). The SMILES string of the molecule is Cc1ccc(C2=CC(c3ccccc3)n3nc(NC(=O)CCc4ccccc4)nc3N2)cc1. The van der Waals surface area contributed by atoms with Crippen LogP contribution in [0.4, 0.5) is 11.9 Å². The first-order valence-corrected chi connectivity index (χ1v) is 11.1. The van der Waals surface area contributed by atoms with Gasteiger partial charge in [-0.25, -0.2) is 4.68 Å². The summed E-state index contributed by atoms with van der Waals surface area (Å²) < 4.78 is 1.82. The smallest absolute Gasteiger partial charge is 0.250 e. The van der Waals surface area contributed by atoms with Gasteiger partial charge in [-0.2, -0.15) is 4.98 Å². The van der Waals surface area contributed by atoms with Crippen LogP contribution in [0, 0.1) is 6.92 Å². The van der Waals surface area contributed by atoms with Crippen LogP contribution in [0.5, 0.6) is 0 Å². The highest BCUT2D eigenvalue weighted by molar-refractivity contribution is 5.89. The van der Waals surface area contributed by atoms with Gasteiger partial charge in [0.05, 0.1) is 0 Å². The van der Waals surface area contributed by atoms with E-state index in [0.29, 0.717) is 24.7 Å². The minimum absolute atomic E-state index is 0.107. The molecule has 0 radical (unpaired) electrons. The molecule has 0 bridgehead atoms. The van der Waals surface area contributed by atoms with Gasteiger partial charge in [-0.15, -0.1) is 5.10 Å². The van der Waals surface area contributed by atoms with Gasteiger partial charge in [-0.1, -0.05) is 90.5 Å². The van der Waals surface area contributed by atoms with Gasteiger partial charge in [-0.05, 0) is 36.1 Å². The Morgan fingerprint density at radius 3 is 2.39 bits per heavy atom. The van der Waals surface area contributed by atoms with Crippen LogP contribution in [0.2, 0.25) is 0 Å². The van der Waals surface area contributed by atoms with Crippen molar-refractivity contribution in [2.24, 2.45) is 0 Å². The highest BCUT2D eigenvalue weighted by Crippen LogP contribution is 2.33. The zero-order valence-electron chi connectivity index (χ0n) is 18.4. The fraction of sp³-hybridized carbons (Fsp3) is 0.148. The Labute approximate surface area is 193 Å². The Balaban J connectivity index is 1.39. The van der Waals surface area contributed by atoms with Gasteiger partial charge < -0.3 is 5.32 Å². The number of rotatable bonds is 6. The number of fused-ring (bicyclic) bond motifs is 1. The fourth-order valence-electron chi connectivity index (χ4n) is 3.92. The van der Waals surface area contributed by atoms with E-state index in [0.717, 1.165) is 22.4 Å². The maximum atomic E-state index is 12.5. The third kappa shape index (κ3) is 4.70. The molecule has 0 fully saturated rings. The lowest BCUT2D eigenvalue weighted by Crippen LogP contribution is -2.20. The van der Waals surface area contributed by atoms with Crippen molar-refractivity contribution >= 4 is 23.5 Å². The Bertz CT molecular complexity index is 1280. The molecule has 2 N–H and O–H groups in total. The van der Waals surface area contributed by atoms with Gasteiger partial charge >= 0.3 is 0 Å². The number of carbonyl (C=O) groups excluding carboxylic acids is 1. The van der Waals surface area contributed by atoms with Crippen molar-refractivity contribution in [1.29, 1.82) is 0 Å². The number of allylic oxidation sites excluding steroid dienone is 1. The molecule has 0 saturated heterocycles. The molecule has 164 valence electrons. The summed E-state index contributed by atoms with van der Waals surface area (Å²) in [7, 11) is 0. The van der Waals surface area contributed by atoms with Crippen molar-refractivity contribution in [2.75, 3.05) is 10.6 Å².